The summed E-state index contributed by atoms with van der Waals surface area (Å²) in [6.07, 6.45) is 7.76. The van der Waals surface area contributed by atoms with Crippen molar-refractivity contribution in [2.24, 2.45) is 11.8 Å². The minimum absolute atomic E-state index is 0.00515. The van der Waals surface area contributed by atoms with Crippen molar-refractivity contribution in [2.75, 3.05) is 26.3 Å². The number of rotatable bonds is 15. The molecule has 4 rings (SSSR count). The monoisotopic (exact) mass is 524 g/mol. The highest BCUT2D eigenvalue weighted by molar-refractivity contribution is 5.98. The maximum absolute atomic E-state index is 14.2. The number of carbonyl (C=O) groups is 3. The Labute approximate surface area is 225 Å². The van der Waals surface area contributed by atoms with E-state index < -0.39 is 35.6 Å². The molecule has 1 spiro atoms. The van der Waals surface area contributed by atoms with Gasteiger partial charge in [0.05, 0.1) is 24.5 Å². The number of amides is 2. The molecule has 3 saturated heterocycles. The van der Waals surface area contributed by atoms with Gasteiger partial charge in [0.2, 0.25) is 11.8 Å². The smallest absolute Gasteiger partial charge is 0.312 e. The summed E-state index contributed by atoms with van der Waals surface area (Å²) in [7, 11) is 0. The largest absolute Gasteiger partial charge is 0.465 e. The van der Waals surface area contributed by atoms with Crippen molar-refractivity contribution in [3.05, 3.63) is 61.2 Å². The van der Waals surface area contributed by atoms with Crippen molar-refractivity contribution in [3.63, 3.8) is 0 Å². The van der Waals surface area contributed by atoms with Gasteiger partial charge < -0.3 is 24.4 Å². The molecule has 2 bridgehead atoms. The topological polar surface area (TPSA) is 96.4 Å². The first-order valence-corrected chi connectivity index (χ1v) is 13.8. The first kappa shape index (κ1) is 28.0. The number of hydrogen-bond donors (Lipinski definition) is 1. The lowest BCUT2D eigenvalue weighted by Crippen LogP contribution is -2.56. The van der Waals surface area contributed by atoms with Gasteiger partial charge in [0.25, 0.3) is 0 Å². The van der Waals surface area contributed by atoms with Crippen LogP contribution in [-0.2, 0) is 30.4 Å². The fourth-order valence-corrected chi connectivity index (χ4v) is 6.36. The number of fused-ring (bicyclic) bond motifs is 1. The molecule has 3 heterocycles. The molecule has 38 heavy (non-hydrogen) atoms. The van der Waals surface area contributed by atoms with Gasteiger partial charge in [-0.25, -0.2) is 0 Å². The number of aliphatic hydroxyl groups excluding tert-OH is 1. The number of ether oxygens (including phenoxy) is 2. The molecule has 0 saturated carbocycles. The fourth-order valence-electron chi connectivity index (χ4n) is 6.36. The van der Waals surface area contributed by atoms with Gasteiger partial charge in [-0.1, -0.05) is 42.5 Å². The van der Waals surface area contributed by atoms with E-state index in [4.69, 9.17) is 9.47 Å². The quantitative estimate of drug-likeness (QED) is 0.215. The van der Waals surface area contributed by atoms with Gasteiger partial charge in [0.1, 0.15) is 11.6 Å². The Morgan fingerprint density at radius 2 is 1.95 bits per heavy atom. The molecule has 1 aromatic carbocycles. The second kappa shape index (κ2) is 12.7. The number of hydrogen-bond acceptors (Lipinski definition) is 6. The number of esters is 1. The fraction of sp³-hybridized carbons (Fsp3) is 0.567. The zero-order valence-corrected chi connectivity index (χ0v) is 22.1. The predicted octanol–water partition coefficient (Wildman–Crippen LogP) is 3.25. The molecule has 8 nitrogen and oxygen atoms in total. The molecule has 3 aliphatic rings. The van der Waals surface area contributed by atoms with Crippen LogP contribution in [0.2, 0.25) is 0 Å². The number of nitrogens with zero attached hydrogens (tertiary/aromatic N) is 2. The van der Waals surface area contributed by atoms with Crippen molar-refractivity contribution >= 4 is 17.8 Å². The van der Waals surface area contributed by atoms with E-state index in [1.807, 2.05) is 36.4 Å². The molecule has 0 aliphatic carbocycles. The SMILES string of the molecule is C=CCCCCOC(=O)[C@@H]1[C@@H]2CCC3(O2)C(C(=O)N(CC=C)Cc2ccccc2)N(CCCCO)C(=O)[C@H]13. The summed E-state index contributed by atoms with van der Waals surface area (Å²) in [5.74, 6) is -2.30. The van der Waals surface area contributed by atoms with Crippen molar-refractivity contribution < 1.29 is 29.0 Å². The van der Waals surface area contributed by atoms with E-state index in [0.29, 0.717) is 45.3 Å². The summed E-state index contributed by atoms with van der Waals surface area (Å²) < 4.78 is 12.1. The normalized spacial score (nSPS) is 27.3. The molecule has 2 unspecified atom stereocenters. The lowest BCUT2D eigenvalue weighted by molar-refractivity contribution is -0.155. The molecular weight excluding hydrogens is 484 g/mol. The highest BCUT2D eigenvalue weighted by Crippen LogP contribution is 2.58. The maximum Gasteiger partial charge on any atom is 0.312 e. The Morgan fingerprint density at radius 1 is 1.16 bits per heavy atom. The number of likely N-dealkylation sites (tertiary alicyclic amines) is 1. The molecule has 1 aromatic rings. The van der Waals surface area contributed by atoms with E-state index in [2.05, 4.69) is 13.2 Å². The van der Waals surface area contributed by atoms with Crippen LogP contribution in [0.4, 0.5) is 0 Å². The minimum Gasteiger partial charge on any atom is -0.465 e. The van der Waals surface area contributed by atoms with Crippen molar-refractivity contribution in [1.82, 2.24) is 9.80 Å². The second-order valence-electron chi connectivity index (χ2n) is 10.5. The lowest BCUT2D eigenvalue weighted by atomic mass is 9.70. The standard InChI is InChI=1S/C30H40N2O6/c1-3-5-6-12-20-37-29(36)24-23-15-16-30(38-23)25(24)27(34)32(18-10-11-19-33)26(30)28(35)31(17-4-2)21-22-13-8-7-9-14-22/h3-4,7-9,13-14,23-26,33H,1-2,5-6,10-12,15-21H2/t23-,24+,25-,26?,30?/m0/s1. The average Bonchev–Trinajstić information content (AvgIpc) is 3.56. The van der Waals surface area contributed by atoms with Gasteiger partial charge in [-0.05, 0) is 50.5 Å². The number of carbonyl (C=O) groups excluding carboxylic acids is 3. The Bertz CT molecular complexity index is 1010. The Kier molecular flexibility index (Phi) is 9.39. The highest BCUT2D eigenvalue weighted by Gasteiger charge is 2.75. The summed E-state index contributed by atoms with van der Waals surface area (Å²) >= 11 is 0. The van der Waals surface area contributed by atoms with Crippen LogP contribution < -0.4 is 0 Å². The highest BCUT2D eigenvalue weighted by atomic mass is 16.6. The molecule has 206 valence electrons. The summed E-state index contributed by atoms with van der Waals surface area (Å²) in [5, 5.41) is 9.34. The summed E-state index contributed by atoms with van der Waals surface area (Å²) in [6.45, 7) is 8.86. The minimum atomic E-state index is -1.05. The summed E-state index contributed by atoms with van der Waals surface area (Å²) in [5.41, 5.74) is -0.0804. The van der Waals surface area contributed by atoms with Crippen LogP contribution in [0.1, 0.15) is 50.5 Å². The van der Waals surface area contributed by atoms with Gasteiger partial charge in [0, 0.05) is 26.2 Å². The van der Waals surface area contributed by atoms with Crippen molar-refractivity contribution in [3.8, 4) is 0 Å². The molecular formula is C30H40N2O6. The summed E-state index contributed by atoms with van der Waals surface area (Å²) in [4.78, 5) is 44.7. The number of unbranched alkanes of at least 4 members (excludes halogenated alkanes) is 3. The number of aliphatic hydroxyl groups is 1. The third-order valence-electron chi connectivity index (χ3n) is 8.04. The Hall–Kier alpha value is -2.97. The molecule has 0 radical (unpaired) electrons. The molecule has 5 atom stereocenters. The Morgan fingerprint density at radius 3 is 2.66 bits per heavy atom. The van der Waals surface area contributed by atoms with Crippen LogP contribution in [0.15, 0.2) is 55.6 Å². The lowest BCUT2D eigenvalue weighted by Gasteiger charge is -2.36. The van der Waals surface area contributed by atoms with Gasteiger partial charge in [0.15, 0.2) is 0 Å². The molecule has 2 amide bonds. The third-order valence-corrected chi connectivity index (χ3v) is 8.04. The van der Waals surface area contributed by atoms with Crippen LogP contribution in [0.25, 0.3) is 0 Å². The molecule has 3 fully saturated rings. The molecule has 8 heteroatoms. The molecule has 0 aromatic heterocycles. The first-order chi connectivity index (χ1) is 18.5. The first-order valence-electron chi connectivity index (χ1n) is 13.8. The van der Waals surface area contributed by atoms with E-state index in [9.17, 15) is 19.5 Å². The molecule has 1 N–H and O–H groups in total. The summed E-state index contributed by atoms with van der Waals surface area (Å²) in [6, 6.07) is 8.86. The van der Waals surface area contributed by atoms with E-state index in [1.54, 1.807) is 15.9 Å². The van der Waals surface area contributed by atoms with E-state index in [0.717, 1.165) is 24.8 Å². The number of benzene rings is 1. The zero-order valence-electron chi connectivity index (χ0n) is 22.1. The van der Waals surface area contributed by atoms with Crippen molar-refractivity contribution in [1.29, 1.82) is 0 Å². The van der Waals surface area contributed by atoms with E-state index in [1.165, 1.54) is 0 Å². The van der Waals surface area contributed by atoms with E-state index in [-0.39, 0.29) is 25.0 Å². The Balaban J connectivity index is 1.60. The van der Waals surface area contributed by atoms with Crippen LogP contribution >= 0.6 is 0 Å². The third kappa shape index (κ3) is 5.43. The average molecular weight is 525 g/mol. The van der Waals surface area contributed by atoms with Gasteiger partial charge in [-0.15, -0.1) is 13.2 Å². The molecule has 3 aliphatic heterocycles. The zero-order chi connectivity index (χ0) is 27.1. The predicted molar refractivity (Wildman–Crippen MR) is 143 cm³/mol. The van der Waals surface area contributed by atoms with Crippen LogP contribution in [0.3, 0.4) is 0 Å². The van der Waals surface area contributed by atoms with Crippen molar-refractivity contribution in [2.45, 2.75) is 69.2 Å². The van der Waals surface area contributed by atoms with Crippen LogP contribution in [0, 0.1) is 11.8 Å². The maximum atomic E-state index is 14.2. The van der Waals surface area contributed by atoms with Gasteiger partial charge in [-0.2, -0.15) is 0 Å². The van der Waals surface area contributed by atoms with Gasteiger partial charge >= 0.3 is 5.97 Å². The second-order valence-corrected chi connectivity index (χ2v) is 10.5. The van der Waals surface area contributed by atoms with Crippen LogP contribution in [-0.4, -0.2) is 76.7 Å². The van der Waals surface area contributed by atoms with Crippen LogP contribution in [0.5, 0.6) is 0 Å². The number of allylic oxidation sites excluding steroid dienone is 1. The van der Waals surface area contributed by atoms with E-state index >= 15 is 0 Å². The van der Waals surface area contributed by atoms with Gasteiger partial charge in [-0.3, -0.25) is 14.4 Å².